The van der Waals surface area contributed by atoms with Gasteiger partial charge in [-0.05, 0) is 28.7 Å². The van der Waals surface area contributed by atoms with Gasteiger partial charge >= 0.3 is 12.1 Å². The van der Waals surface area contributed by atoms with E-state index < -0.39 is 29.6 Å². The third-order valence-corrected chi connectivity index (χ3v) is 6.04. The van der Waals surface area contributed by atoms with E-state index in [4.69, 9.17) is 15.9 Å². The Balaban J connectivity index is 1.74. The lowest BCUT2D eigenvalue weighted by Gasteiger charge is -2.32. The van der Waals surface area contributed by atoms with E-state index in [0.29, 0.717) is 0 Å². The Kier molecular flexibility index (Phi) is 7.92. The molecular weight excluding hydrogens is 436 g/mol. The van der Waals surface area contributed by atoms with E-state index in [-0.39, 0.29) is 32.0 Å². The predicted molar refractivity (Wildman–Crippen MR) is 126 cm³/mol. The zero-order chi connectivity index (χ0) is 24.7. The fourth-order valence-corrected chi connectivity index (χ4v) is 4.20. The summed E-state index contributed by atoms with van der Waals surface area (Å²) in [6.45, 7) is 1.57. The fourth-order valence-electron chi connectivity index (χ4n) is 4.20. The van der Waals surface area contributed by atoms with Crippen LogP contribution in [0.5, 0.6) is 0 Å². The zero-order valence-corrected chi connectivity index (χ0v) is 19.2. The van der Waals surface area contributed by atoms with E-state index in [1.54, 1.807) is 6.92 Å². The third-order valence-electron chi connectivity index (χ3n) is 6.04. The van der Waals surface area contributed by atoms with E-state index in [1.807, 2.05) is 48.5 Å². The lowest BCUT2D eigenvalue weighted by atomic mass is 9.95. The van der Waals surface area contributed by atoms with Crippen LogP contribution in [0, 0.1) is 12.3 Å². The summed E-state index contributed by atoms with van der Waals surface area (Å²) in [6, 6.07) is 14.6. The summed E-state index contributed by atoms with van der Waals surface area (Å²) in [5.41, 5.74) is 2.79. The van der Waals surface area contributed by atoms with Gasteiger partial charge in [0.15, 0.2) is 0 Å². The van der Waals surface area contributed by atoms with E-state index in [2.05, 4.69) is 16.6 Å². The standard InChI is InChI=1S/C26H28N2O6/c1-4-10-22(23(29)30)27-24(31)26(5-2,16-33-3)28-25(32)34-15-21-19-13-8-6-11-17(19)18-12-7-9-14-20(18)21/h1,6-9,11-14,21-22H,5,10,15-16H2,2-3H3,(H,27,31)(H,28,32)(H,29,30). The van der Waals surface area contributed by atoms with Crippen molar-refractivity contribution in [3.05, 3.63) is 59.7 Å². The maximum Gasteiger partial charge on any atom is 0.408 e. The largest absolute Gasteiger partial charge is 0.480 e. The van der Waals surface area contributed by atoms with Gasteiger partial charge in [0.05, 0.1) is 6.61 Å². The number of carbonyl (C=O) groups excluding carboxylic acids is 2. The van der Waals surface area contributed by atoms with Crippen molar-refractivity contribution >= 4 is 18.0 Å². The number of terminal acetylenes is 1. The first-order valence-electron chi connectivity index (χ1n) is 11.0. The Morgan fingerprint density at radius 2 is 1.71 bits per heavy atom. The molecule has 34 heavy (non-hydrogen) atoms. The van der Waals surface area contributed by atoms with Crippen LogP contribution in [0.25, 0.3) is 11.1 Å². The van der Waals surface area contributed by atoms with Crippen molar-refractivity contribution in [1.29, 1.82) is 0 Å². The van der Waals surface area contributed by atoms with Crippen molar-refractivity contribution in [3.63, 3.8) is 0 Å². The molecule has 2 aromatic rings. The van der Waals surface area contributed by atoms with Crippen molar-refractivity contribution in [2.24, 2.45) is 0 Å². The number of alkyl carbamates (subject to hydrolysis) is 1. The molecule has 0 bridgehead atoms. The minimum atomic E-state index is -1.53. The Morgan fingerprint density at radius 3 is 2.21 bits per heavy atom. The van der Waals surface area contributed by atoms with Crippen LogP contribution >= 0.6 is 0 Å². The van der Waals surface area contributed by atoms with Gasteiger partial charge in [-0.1, -0.05) is 55.5 Å². The van der Waals surface area contributed by atoms with Crippen molar-refractivity contribution < 1.29 is 29.0 Å². The molecule has 178 valence electrons. The van der Waals surface area contributed by atoms with Gasteiger partial charge in [0.1, 0.15) is 18.2 Å². The molecular formula is C26H28N2O6. The number of carboxylic acids is 1. The molecule has 2 amide bonds. The number of rotatable bonds is 10. The van der Waals surface area contributed by atoms with Crippen molar-refractivity contribution in [2.75, 3.05) is 20.3 Å². The second-order valence-electron chi connectivity index (χ2n) is 8.09. The summed E-state index contributed by atoms with van der Waals surface area (Å²) in [5, 5.41) is 14.3. The van der Waals surface area contributed by atoms with E-state index in [9.17, 15) is 19.5 Å². The van der Waals surface area contributed by atoms with Crippen LogP contribution < -0.4 is 10.6 Å². The molecule has 0 saturated heterocycles. The van der Waals surface area contributed by atoms with Crippen LogP contribution in [-0.2, 0) is 19.1 Å². The highest BCUT2D eigenvalue weighted by Gasteiger charge is 2.41. The van der Waals surface area contributed by atoms with Gasteiger partial charge in [-0.15, -0.1) is 12.3 Å². The first kappa shape index (κ1) is 24.8. The Hall–Kier alpha value is -3.83. The number of ether oxygens (including phenoxy) is 2. The van der Waals surface area contributed by atoms with E-state index in [1.165, 1.54) is 7.11 Å². The molecule has 2 aromatic carbocycles. The lowest BCUT2D eigenvalue weighted by Crippen LogP contribution is -2.63. The number of amides is 2. The molecule has 0 fully saturated rings. The van der Waals surface area contributed by atoms with Gasteiger partial charge < -0.3 is 25.2 Å². The van der Waals surface area contributed by atoms with Gasteiger partial charge in [-0.3, -0.25) is 4.79 Å². The number of nitrogens with one attached hydrogen (secondary N) is 2. The number of carboxylic acid groups (broad SMARTS) is 1. The number of methoxy groups -OCH3 is 1. The number of fused-ring (bicyclic) bond motifs is 3. The molecule has 2 unspecified atom stereocenters. The lowest BCUT2D eigenvalue weighted by molar-refractivity contribution is -0.143. The van der Waals surface area contributed by atoms with Crippen molar-refractivity contribution in [2.45, 2.75) is 37.3 Å². The highest BCUT2D eigenvalue weighted by molar-refractivity contribution is 5.93. The van der Waals surface area contributed by atoms with Crippen molar-refractivity contribution in [1.82, 2.24) is 10.6 Å². The van der Waals surface area contributed by atoms with Gasteiger partial charge in [0.2, 0.25) is 5.91 Å². The molecule has 3 rings (SSSR count). The summed E-state index contributed by atoms with van der Waals surface area (Å²) in [4.78, 5) is 37.2. The predicted octanol–water partition coefficient (Wildman–Crippen LogP) is 2.91. The van der Waals surface area contributed by atoms with Gasteiger partial charge in [-0.25, -0.2) is 9.59 Å². The molecule has 8 heteroatoms. The monoisotopic (exact) mass is 464 g/mol. The Morgan fingerprint density at radius 1 is 1.12 bits per heavy atom. The first-order valence-corrected chi connectivity index (χ1v) is 11.0. The second-order valence-corrected chi connectivity index (χ2v) is 8.09. The molecule has 2 atom stereocenters. The molecule has 1 aliphatic carbocycles. The smallest absolute Gasteiger partial charge is 0.408 e. The number of benzene rings is 2. The van der Waals surface area contributed by atoms with Crippen LogP contribution in [-0.4, -0.2) is 55.0 Å². The van der Waals surface area contributed by atoms with Crippen LogP contribution in [0.2, 0.25) is 0 Å². The quantitative estimate of drug-likeness (QED) is 0.466. The summed E-state index contributed by atoms with van der Waals surface area (Å²) in [7, 11) is 1.38. The maximum absolute atomic E-state index is 13.0. The maximum atomic E-state index is 13.0. The molecule has 0 spiro atoms. The fraction of sp³-hybridized carbons (Fsp3) is 0.346. The van der Waals surface area contributed by atoms with Crippen molar-refractivity contribution in [3.8, 4) is 23.5 Å². The average Bonchev–Trinajstić information content (AvgIpc) is 3.15. The van der Waals surface area contributed by atoms with E-state index in [0.717, 1.165) is 22.3 Å². The molecule has 0 aliphatic heterocycles. The van der Waals surface area contributed by atoms with Gasteiger partial charge in [0, 0.05) is 19.4 Å². The van der Waals surface area contributed by atoms with Crippen LogP contribution in [0.1, 0.15) is 36.8 Å². The molecule has 0 heterocycles. The summed E-state index contributed by atoms with van der Waals surface area (Å²) in [6.07, 6.45) is 4.35. The minimum Gasteiger partial charge on any atom is -0.480 e. The molecule has 0 radical (unpaired) electrons. The first-order chi connectivity index (χ1) is 16.4. The SMILES string of the molecule is C#CCC(NC(=O)C(CC)(COC)NC(=O)OCC1c2ccccc2-c2ccccc21)C(=O)O. The summed E-state index contributed by atoms with van der Waals surface area (Å²) in [5.74, 6) is 0.101. The van der Waals surface area contributed by atoms with Crippen LogP contribution in [0.15, 0.2) is 48.5 Å². The molecule has 3 N–H and O–H groups in total. The zero-order valence-electron chi connectivity index (χ0n) is 19.2. The molecule has 0 saturated carbocycles. The highest BCUT2D eigenvalue weighted by atomic mass is 16.5. The summed E-state index contributed by atoms with van der Waals surface area (Å²) < 4.78 is 10.7. The molecule has 8 nitrogen and oxygen atoms in total. The number of hydrogen-bond donors (Lipinski definition) is 3. The molecule has 0 aromatic heterocycles. The normalized spacial score (nSPS) is 14.6. The minimum absolute atomic E-state index is 0.0725. The highest BCUT2D eigenvalue weighted by Crippen LogP contribution is 2.44. The summed E-state index contributed by atoms with van der Waals surface area (Å²) >= 11 is 0. The Labute approximate surface area is 198 Å². The number of hydrogen-bond acceptors (Lipinski definition) is 5. The van der Waals surface area contributed by atoms with Crippen LogP contribution in [0.4, 0.5) is 4.79 Å². The number of aliphatic carboxylic acids is 1. The third kappa shape index (κ3) is 5.05. The Bertz CT molecular complexity index is 1060. The molecule has 1 aliphatic rings. The second kappa shape index (κ2) is 10.9. The van der Waals surface area contributed by atoms with Crippen LogP contribution in [0.3, 0.4) is 0 Å². The average molecular weight is 465 g/mol. The van der Waals surface area contributed by atoms with Gasteiger partial charge in [0.25, 0.3) is 0 Å². The van der Waals surface area contributed by atoms with E-state index >= 15 is 0 Å². The topological polar surface area (TPSA) is 114 Å². The number of carbonyl (C=O) groups is 3. The van der Waals surface area contributed by atoms with Gasteiger partial charge in [-0.2, -0.15) is 0 Å².